The van der Waals surface area contributed by atoms with E-state index in [1.165, 1.54) is 0 Å². The van der Waals surface area contributed by atoms with Gasteiger partial charge in [0.25, 0.3) is 5.91 Å². The molecule has 0 bridgehead atoms. The number of carbonyl (C=O) groups excluding carboxylic acids is 1. The Morgan fingerprint density at radius 2 is 2.00 bits per heavy atom. The smallest absolute Gasteiger partial charge is 0.257 e. The highest BCUT2D eigenvalue weighted by molar-refractivity contribution is 9.09. The first-order chi connectivity index (χ1) is 8.53. The number of hydrogen-bond donors (Lipinski definition) is 1. The Balaban J connectivity index is 2.26. The van der Waals surface area contributed by atoms with Gasteiger partial charge in [0.2, 0.25) is 0 Å². The molecule has 0 spiro atoms. The van der Waals surface area contributed by atoms with Crippen LogP contribution in [0.3, 0.4) is 0 Å². The molecule has 18 heavy (non-hydrogen) atoms. The largest absolute Gasteiger partial charge is 0.484 e. The molecule has 3 nitrogen and oxygen atoms in total. The van der Waals surface area contributed by atoms with Gasteiger partial charge in [-0.1, -0.05) is 48.0 Å². The van der Waals surface area contributed by atoms with E-state index < -0.39 is 0 Å². The van der Waals surface area contributed by atoms with Gasteiger partial charge < -0.3 is 10.1 Å². The number of ether oxygens (including phenoxy) is 1. The first-order valence-corrected chi connectivity index (χ1v) is 7.16. The average molecular weight is 314 g/mol. The molecule has 0 heterocycles. The Kier molecular flexibility index (Phi) is 6.19. The maximum atomic E-state index is 11.6. The monoisotopic (exact) mass is 313 g/mol. The van der Waals surface area contributed by atoms with Gasteiger partial charge in [0.05, 0.1) is 0 Å². The zero-order valence-electron chi connectivity index (χ0n) is 10.9. The van der Waals surface area contributed by atoms with E-state index in [2.05, 4.69) is 35.1 Å². The molecule has 4 heteroatoms. The van der Waals surface area contributed by atoms with Crippen molar-refractivity contribution in [1.82, 2.24) is 5.32 Å². The zero-order valence-corrected chi connectivity index (χ0v) is 12.5. The molecule has 1 aromatic rings. The Labute approximate surface area is 117 Å². The first-order valence-electron chi connectivity index (χ1n) is 6.04. The SMILES string of the molecule is CC(C)(CCBr)CNC(=O)COc1ccccc1. The molecule has 0 unspecified atom stereocenters. The van der Waals surface area contributed by atoms with Crippen LogP contribution >= 0.6 is 15.9 Å². The van der Waals surface area contributed by atoms with Crippen LogP contribution in [-0.4, -0.2) is 24.4 Å². The van der Waals surface area contributed by atoms with Gasteiger partial charge in [-0.2, -0.15) is 0 Å². The lowest BCUT2D eigenvalue weighted by Gasteiger charge is -2.23. The molecule has 0 aliphatic heterocycles. The number of nitrogens with one attached hydrogen (secondary N) is 1. The van der Waals surface area contributed by atoms with E-state index in [0.29, 0.717) is 12.3 Å². The van der Waals surface area contributed by atoms with Gasteiger partial charge in [-0.15, -0.1) is 0 Å². The first kappa shape index (κ1) is 15.0. The van der Waals surface area contributed by atoms with Gasteiger partial charge in [-0.05, 0) is 24.0 Å². The van der Waals surface area contributed by atoms with Crippen LogP contribution in [0.2, 0.25) is 0 Å². The van der Waals surface area contributed by atoms with Gasteiger partial charge in [-0.25, -0.2) is 0 Å². The molecular formula is C14H20BrNO2. The summed E-state index contributed by atoms with van der Waals surface area (Å²) in [7, 11) is 0. The molecule has 0 radical (unpaired) electrons. The van der Waals surface area contributed by atoms with E-state index >= 15 is 0 Å². The number of halogens is 1. The van der Waals surface area contributed by atoms with Crippen LogP contribution in [0.25, 0.3) is 0 Å². The van der Waals surface area contributed by atoms with Crippen molar-refractivity contribution in [2.45, 2.75) is 20.3 Å². The summed E-state index contributed by atoms with van der Waals surface area (Å²) in [6, 6.07) is 9.35. The second-order valence-corrected chi connectivity index (χ2v) is 5.77. The molecule has 0 atom stereocenters. The number of para-hydroxylation sites is 1. The van der Waals surface area contributed by atoms with Crippen molar-refractivity contribution in [3.8, 4) is 5.75 Å². The standard InChI is InChI=1S/C14H20BrNO2/c1-14(2,8-9-15)11-16-13(17)10-18-12-6-4-3-5-7-12/h3-7H,8-11H2,1-2H3,(H,16,17). The van der Waals surface area contributed by atoms with Crippen LogP contribution in [0.1, 0.15) is 20.3 Å². The predicted molar refractivity (Wildman–Crippen MR) is 77.1 cm³/mol. The van der Waals surface area contributed by atoms with Gasteiger partial charge in [0, 0.05) is 11.9 Å². The van der Waals surface area contributed by atoms with Crippen molar-refractivity contribution >= 4 is 21.8 Å². The maximum Gasteiger partial charge on any atom is 0.257 e. The molecule has 0 aliphatic carbocycles. The third-order valence-electron chi connectivity index (χ3n) is 2.65. The topological polar surface area (TPSA) is 38.3 Å². The minimum Gasteiger partial charge on any atom is -0.484 e. The summed E-state index contributed by atoms with van der Waals surface area (Å²) in [4.78, 5) is 11.6. The van der Waals surface area contributed by atoms with Crippen LogP contribution in [0.15, 0.2) is 30.3 Å². The normalized spacial score (nSPS) is 11.1. The quantitative estimate of drug-likeness (QED) is 0.786. The molecule has 0 fully saturated rings. The Bertz CT molecular complexity index is 365. The molecule has 0 aliphatic rings. The fraction of sp³-hybridized carbons (Fsp3) is 0.500. The molecule has 1 amide bonds. The van der Waals surface area contributed by atoms with Crippen molar-refractivity contribution < 1.29 is 9.53 Å². The van der Waals surface area contributed by atoms with Crippen LogP contribution in [0, 0.1) is 5.41 Å². The summed E-state index contributed by atoms with van der Waals surface area (Å²) in [5.74, 6) is 0.633. The van der Waals surface area contributed by atoms with Crippen molar-refractivity contribution in [2.75, 3.05) is 18.5 Å². The Morgan fingerprint density at radius 1 is 1.33 bits per heavy atom. The fourth-order valence-corrected chi connectivity index (χ4v) is 2.47. The molecule has 1 rings (SSSR count). The molecule has 0 saturated heterocycles. The molecule has 0 saturated carbocycles. The number of carbonyl (C=O) groups is 1. The van der Waals surface area contributed by atoms with Crippen LogP contribution in [0.5, 0.6) is 5.75 Å². The summed E-state index contributed by atoms with van der Waals surface area (Å²) >= 11 is 3.42. The highest BCUT2D eigenvalue weighted by Crippen LogP contribution is 2.19. The molecule has 100 valence electrons. The van der Waals surface area contributed by atoms with Crippen molar-refractivity contribution in [1.29, 1.82) is 0 Å². The number of hydrogen-bond acceptors (Lipinski definition) is 2. The van der Waals surface area contributed by atoms with Crippen LogP contribution in [-0.2, 0) is 4.79 Å². The number of amides is 1. The molecule has 0 aromatic heterocycles. The van der Waals surface area contributed by atoms with E-state index in [0.717, 1.165) is 11.8 Å². The highest BCUT2D eigenvalue weighted by Gasteiger charge is 2.17. The Morgan fingerprint density at radius 3 is 2.61 bits per heavy atom. The zero-order chi connectivity index (χ0) is 13.4. The second kappa shape index (κ2) is 7.41. The average Bonchev–Trinajstić information content (AvgIpc) is 2.35. The lowest BCUT2D eigenvalue weighted by atomic mass is 9.90. The van der Waals surface area contributed by atoms with Gasteiger partial charge in [-0.3, -0.25) is 4.79 Å². The predicted octanol–water partition coefficient (Wildman–Crippen LogP) is 2.99. The highest BCUT2D eigenvalue weighted by atomic mass is 79.9. The van der Waals surface area contributed by atoms with Crippen molar-refractivity contribution in [3.63, 3.8) is 0 Å². The third-order valence-corrected chi connectivity index (χ3v) is 3.05. The van der Waals surface area contributed by atoms with E-state index in [9.17, 15) is 4.79 Å². The number of benzene rings is 1. The maximum absolute atomic E-state index is 11.6. The summed E-state index contributed by atoms with van der Waals surface area (Å²) < 4.78 is 5.37. The number of alkyl halides is 1. The summed E-state index contributed by atoms with van der Waals surface area (Å²) in [5, 5.41) is 3.83. The van der Waals surface area contributed by atoms with Gasteiger partial charge in [0.1, 0.15) is 5.75 Å². The molecular weight excluding hydrogens is 294 g/mol. The van der Waals surface area contributed by atoms with Crippen LogP contribution < -0.4 is 10.1 Å². The molecule has 1 aromatic carbocycles. The van der Waals surface area contributed by atoms with Crippen molar-refractivity contribution in [3.05, 3.63) is 30.3 Å². The van der Waals surface area contributed by atoms with E-state index in [4.69, 9.17) is 4.74 Å². The van der Waals surface area contributed by atoms with Gasteiger partial charge in [0.15, 0.2) is 6.61 Å². The van der Waals surface area contributed by atoms with E-state index in [-0.39, 0.29) is 17.9 Å². The number of rotatable bonds is 7. The summed E-state index contributed by atoms with van der Waals surface area (Å²) in [6.45, 7) is 4.99. The fourth-order valence-electron chi connectivity index (χ4n) is 1.40. The second-order valence-electron chi connectivity index (χ2n) is 4.98. The minimum atomic E-state index is -0.0819. The van der Waals surface area contributed by atoms with E-state index in [1.54, 1.807) is 0 Å². The lowest BCUT2D eigenvalue weighted by molar-refractivity contribution is -0.123. The van der Waals surface area contributed by atoms with E-state index in [1.807, 2.05) is 30.3 Å². The van der Waals surface area contributed by atoms with Crippen LogP contribution in [0.4, 0.5) is 0 Å². The summed E-state index contributed by atoms with van der Waals surface area (Å²) in [6.07, 6.45) is 1.02. The van der Waals surface area contributed by atoms with Gasteiger partial charge >= 0.3 is 0 Å². The minimum absolute atomic E-state index is 0.0639. The Hall–Kier alpha value is -1.03. The lowest BCUT2D eigenvalue weighted by Crippen LogP contribution is -2.36. The van der Waals surface area contributed by atoms with Crippen molar-refractivity contribution in [2.24, 2.45) is 5.41 Å². The summed E-state index contributed by atoms with van der Waals surface area (Å²) in [5.41, 5.74) is 0.103. The molecule has 1 N–H and O–H groups in total. The third kappa shape index (κ3) is 6.05.